The molecule has 0 amide bonds. The Hall–Kier alpha value is -1.45. The largest absolute Gasteiger partial charge is 0.495 e. The van der Waals surface area contributed by atoms with Crippen molar-refractivity contribution in [2.75, 3.05) is 7.11 Å². The molecular weight excluding hydrogens is 240 g/mol. The highest BCUT2D eigenvalue weighted by atomic mass is 35.5. The Kier molecular flexibility index (Phi) is 3.41. The standard InChI is InChI=1S/C13H13ClO3/c1-8-3-5-12(17-8)13(15)9-4-6-11(16-2)10(14)7-9/h3-7,13,15H,1-2H3. The molecule has 1 heterocycles. The molecule has 0 saturated carbocycles. The lowest BCUT2D eigenvalue weighted by molar-refractivity contribution is 0.187. The van der Waals surface area contributed by atoms with Gasteiger partial charge in [0.2, 0.25) is 0 Å². The molecule has 4 heteroatoms. The maximum Gasteiger partial charge on any atom is 0.137 e. The Bertz CT molecular complexity index is 519. The van der Waals surface area contributed by atoms with E-state index in [0.29, 0.717) is 22.1 Å². The molecule has 0 aliphatic rings. The zero-order valence-electron chi connectivity index (χ0n) is 9.61. The summed E-state index contributed by atoms with van der Waals surface area (Å²) in [6.45, 7) is 1.83. The summed E-state index contributed by atoms with van der Waals surface area (Å²) in [5.74, 6) is 1.85. The molecule has 1 unspecified atom stereocenters. The molecule has 0 aliphatic heterocycles. The summed E-state index contributed by atoms with van der Waals surface area (Å²) in [5, 5.41) is 10.6. The van der Waals surface area contributed by atoms with Crippen LogP contribution in [-0.2, 0) is 0 Å². The first-order chi connectivity index (χ1) is 8.11. The van der Waals surface area contributed by atoms with Crippen molar-refractivity contribution >= 4 is 11.6 Å². The number of aliphatic hydroxyl groups excluding tert-OH is 1. The first-order valence-electron chi connectivity index (χ1n) is 5.19. The van der Waals surface area contributed by atoms with Crippen LogP contribution in [0.25, 0.3) is 0 Å². The predicted molar refractivity (Wildman–Crippen MR) is 65.5 cm³/mol. The topological polar surface area (TPSA) is 42.6 Å². The highest BCUT2D eigenvalue weighted by molar-refractivity contribution is 6.32. The molecule has 0 fully saturated rings. The van der Waals surface area contributed by atoms with Gasteiger partial charge in [-0.25, -0.2) is 0 Å². The lowest BCUT2D eigenvalue weighted by Crippen LogP contribution is -1.98. The van der Waals surface area contributed by atoms with E-state index in [1.807, 2.05) is 13.0 Å². The molecule has 17 heavy (non-hydrogen) atoms. The maximum absolute atomic E-state index is 10.1. The quantitative estimate of drug-likeness (QED) is 0.911. The molecule has 2 aromatic rings. The van der Waals surface area contributed by atoms with Gasteiger partial charge in [0.15, 0.2) is 0 Å². The fraction of sp³-hybridized carbons (Fsp3) is 0.231. The summed E-state index contributed by atoms with van der Waals surface area (Å²) in [4.78, 5) is 0. The van der Waals surface area contributed by atoms with Crippen LogP contribution in [0.5, 0.6) is 5.75 Å². The number of aryl methyl sites for hydroxylation is 1. The van der Waals surface area contributed by atoms with Gasteiger partial charge in [-0.05, 0) is 36.8 Å². The van der Waals surface area contributed by atoms with Crippen molar-refractivity contribution in [1.82, 2.24) is 0 Å². The molecule has 0 saturated heterocycles. The summed E-state index contributed by atoms with van der Waals surface area (Å²) < 4.78 is 10.4. The van der Waals surface area contributed by atoms with E-state index in [9.17, 15) is 5.11 Å². The normalized spacial score (nSPS) is 12.5. The number of benzene rings is 1. The van der Waals surface area contributed by atoms with Crippen LogP contribution in [0.2, 0.25) is 5.02 Å². The van der Waals surface area contributed by atoms with Crippen LogP contribution in [0.15, 0.2) is 34.7 Å². The number of methoxy groups -OCH3 is 1. The lowest BCUT2D eigenvalue weighted by atomic mass is 10.1. The minimum atomic E-state index is -0.813. The molecule has 3 nitrogen and oxygen atoms in total. The van der Waals surface area contributed by atoms with Crippen molar-refractivity contribution < 1.29 is 14.3 Å². The number of hydrogen-bond acceptors (Lipinski definition) is 3. The Balaban J connectivity index is 2.31. The van der Waals surface area contributed by atoms with Crippen molar-refractivity contribution in [2.45, 2.75) is 13.0 Å². The molecule has 1 aromatic carbocycles. The van der Waals surface area contributed by atoms with E-state index in [1.54, 1.807) is 31.4 Å². The molecule has 1 aromatic heterocycles. The average molecular weight is 253 g/mol. The molecule has 2 rings (SSSR count). The molecule has 1 N–H and O–H groups in total. The van der Waals surface area contributed by atoms with Gasteiger partial charge in [0.05, 0.1) is 12.1 Å². The smallest absolute Gasteiger partial charge is 0.137 e. The number of hydrogen-bond donors (Lipinski definition) is 1. The molecular formula is C13H13ClO3. The summed E-state index contributed by atoms with van der Waals surface area (Å²) in [7, 11) is 1.55. The molecule has 0 aliphatic carbocycles. The van der Waals surface area contributed by atoms with Crippen LogP contribution >= 0.6 is 11.6 Å². The third kappa shape index (κ3) is 2.46. The fourth-order valence-corrected chi connectivity index (χ4v) is 1.88. The van der Waals surface area contributed by atoms with Gasteiger partial charge in [0, 0.05) is 0 Å². The Morgan fingerprint density at radius 3 is 2.59 bits per heavy atom. The third-order valence-corrected chi connectivity index (χ3v) is 2.82. The summed E-state index contributed by atoms with van der Waals surface area (Å²) >= 11 is 6.00. The first kappa shape index (κ1) is 12.0. The fourth-order valence-electron chi connectivity index (χ4n) is 1.62. The maximum atomic E-state index is 10.1. The predicted octanol–water partition coefficient (Wildman–Crippen LogP) is 3.33. The second kappa shape index (κ2) is 4.82. The van der Waals surface area contributed by atoms with Crippen molar-refractivity contribution in [3.8, 4) is 5.75 Å². The number of rotatable bonds is 3. The SMILES string of the molecule is COc1ccc(C(O)c2ccc(C)o2)cc1Cl. The van der Waals surface area contributed by atoms with Crippen LogP contribution in [0.1, 0.15) is 23.2 Å². The van der Waals surface area contributed by atoms with Crippen molar-refractivity contribution in [3.05, 3.63) is 52.4 Å². The van der Waals surface area contributed by atoms with Gasteiger partial charge in [-0.3, -0.25) is 0 Å². The average Bonchev–Trinajstić information content (AvgIpc) is 2.75. The highest BCUT2D eigenvalue weighted by Gasteiger charge is 2.15. The molecule has 0 bridgehead atoms. The minimum Gasteiger partial charge on any atom is -0.495 e. The van der Waals surface area contributed by atoms with Crippen molar-refractivity contribution in [1.29, 1.82) is 0 Å². The van der Waals surface area contributed by atoms with E-state index in [2.05, 4.69) is 0 Å². The van der Waals surface area contributed by atoms with Gasteiger partial charge in [-0.2, -0.15) is 0 Å². The summed E-state index contributed by atoms with van der Waals surface area (Å²) in [6, 6.07) is 8.70. The lowest BCUT2D eigenvalue weighted by Gasteiger charge is -2.10. The van der Waals surface area contributed by atoms with Crippen molar-refractivity contribution in [3.63, 3.8) is 0 Å². The van der Waals surface area contributed by atoms with Crippen LogP contribution in [-0.4, -0.2) is 12.2 Å². The Morgan fingerprint density at radius 1 is 1.29 bits per heavy atom. The number of aliphatic hydroxyl groups is 1. The second-order valence-corrected chi connectivity index (χ2v) is 4.15. The zero-order valence-corrected chi connectivity index (χ0v) is 10.4. The van der Waals surface area contributed by atoms with E-state index >= 15 is 0 Å². The van der Waals surface area contributed by atoms with E-state index < -0.39 is 6.10 Å². The number of halogens is 1. The van der Waals surface area contributed by atoms with Crippen LogP contribution in [0.3, 0.4) is 0 Å². The third-order valence-electron chi connectivity index (χ3n) is 2.52. The zero-order chi connectivity index (χ0) is 12.4. The Morgan fingerprint density at radius 2 is 2.06 bits per heavy atom. The molecule has 0 spiro atoms. The van der Waals surface area contributed by atoms with Crippen LogP contribution in [0, 0.1) is 6.92 Å². The van der Waals surface area contributed by atoms with Crippen LogP contribution in [0.4, 0.5) is 0 Å². The van der Waals surface area contributed by atoms with Gasteiger partial charge in [-0.1, -0.05) is 17.7 Å². The summed E-state index contributed by atoms with van der Waals surface area (Å²) in [6.07, 6.45) is -0.813. The van der Waals surface area contributed by atoms with E-state index in [4.69, 9.17) is 20.8 Å². The van der Waals surface area contributed by atoms with Crippen molar-refractivity contribution in [2.24, 2.45) is 0 Å². The Labute approximate surface area is 105 Å². The van der Waals surface area contributed by atoms with E-state index in [1.165, 1.54) is 0 Å². The number of ether oxygens (including phenoxy) is 1. The van der Waals surface area contributed by atoms with Gasteiger partial charge in [0.1, 0.15) is 23.4 Å². The summed E-state index contributed by atoms with van der Waals surface area (Å²) in [5.41, 5.74) is 0.671. The van der Waals surface area contributed by atoms with Gasteiger partial charge >= 0.3 is 0 Å². The van der Waals surface area contributed by atoms with Gasteiger partial charge < -0.3 is 14.3 Å². The second-order valence-electron chi connectivity index (χ2n) is 3.74. The number of furan rings is 1. The van der Waals surface area contributed by atoms with E-state index in [0.717, 1.165) is 5.76 Å². The monoisotopic (exact) mass is 252 g/mol. The molecule has 1 atom stereocenters. The first-order valence-corrected chi connectivity index (χ1v) is 5.57. The van der Waals surface area contributed by atoms with Gasteiger partial charge in [0.25, 0.3) is 0 Å². The minimum absolute atomic E-state index is 0.465. The van der Waals surface area contributed by atoms with E-state index in [-0.39, 0.29) is 0 Å². The molecule has 0 radical (unpaired) electrons. The molecule has 90 valence electrons. The van der Waals surface area contributed by atoms with Gasteiger partial charge in [-0.15, -0.1) is 0 Å². The van der Waals surface area contributed by atoms with Crippen LogP contribution < -0.4 is 4.74 Å². The highest BCUT2D eigenvalue weighted by Crippen LogP contribution is 2.30.